The fourth-order valence-electron chi connectivity index (χ4n) is 3.47. The molecule has 4 rings (SSSR count). The number of aromatic nitrogens is 2. The number of anilines is 2. The van der Waals surface area contributed by atoms with E-state index in [2.05, 4.69) is 53.1 Å². The van der Waals surface area contributed by atoms with Gasteiger partial charge in [-0.25, -0.2) is 0 Å². The Morgan fingerprint density at radius 3 is 2.53 bits per heavy atom. The van der Waals surface area contributed by atoms with Gasteiger partial charge in [-0.15, -0.1) is 0 Å². The lowest BCUT2D eigenvalue weighted by molar-refractivity contribution is 0.662. The number of benzene rings is 3. The first kappa shape index (κ1) is 20.7. The summed E-state index contributed by atoms with van der Waals surface area (Å²) >= 11 is 17.5. The van der Waals surface area contributed by atoms with Gasteiger partial charge >= 0.3 is 0 Å². The molecule has 0 amide bonds. The van der Waals surface area contributed by atoms with Gasteiger partial charge in [0.1, 0.15) is 0 Å². The van der Waals surface area contributed by atoms with Crippen LogP contribution >= 0.6 is 35.4 Å². The Kier molecular flexibility index (Phi) is 5.95. The zero-order valence-corrected chi connectivity index (χ0v) is 18.9. The molecule has 30 heavy (non-hydrogen) atoms. The minimum absolute atomic E-state index is 0.462. The molecule has 0 spiro atoms. The van der Waals surface area contributed by atoms with Crippen molar-refractivity contribution < 1.29 is 0 Å². The molecule has 0 bridgehead atoms. The second-order valence-corrected chi connectivity index (χ2v) is 8.27. The Labute approximate surface area is 190 Å². The quantitative estimate of drug-likeness (QED) is 0.332. The van der Waals surface area contributed by atoms with Crippen LogP contribution in [0.4, 0.5) is 11.4 Å². The molecule has 1 heterocycles. The van der Waals surface area contributed by atoms with Crippen molar-refractivity contribution in [3.63, 3.8) is 0 Å². The Morgan fingerprint density at radius 2 is 1.73 bits per heavy atom. The molecule has 0 aliphatic carbocycles. The lowest BCUT2D eigenvalue weighted by Gasteiger charge is -2.12. The van der Waals surface area contributed by atoms with Gasteiger partial charge in [-0.3, -0.25) is 4.68 Å². The second kappa shape index (κ2) is 8.64. The molecule has 0 fully saturated rings. The molecule has 0 aliphatic rings. The molecule has 4 nitrogen and oxygen atoms in total. The molecule has 0 aliphatic heterocycles. The second-order valence-electron chi connectivity index (χ2n) is 7.05. The van der Waals surface area contributed by atoms with Crippen LogP contribution in [0.25, 0.3) is 10.8 Å². The maximum Gasteiger partial charge on any atom is 0.175 e. The molecule has 4 aromatic rings. The number of hydrogen-bond donors (Lipinski definition) is 2. The van der Waals surface area contributed by atoms with Gasteiger partial charge in [0.25, 0.3) is 0 Å². The summed E-state index contributed by atoms with van der Waals surface area (Å²) in [5, 5.41) is 15.0. The SMILES string of the molecule is Cc1nn(Cc2cccc3ccccc23)c(C)c1NC(=S)Nc1ccc(Cl)c(Cl)c1. The van der Waals surface area contributed by atoms with E-state index in [0.29, 0.717) is 21.7 Å². The van der Waals surface area contributed by atoms with Gasteiger partial charge in [-0.2, -0.15) is 5.10 Å². The maximum absolute atomic E-state index is 6.08. The number of halogens is 2. The third-order valence-corrected chi connectivity index (χ3v) is 5.94. The lowest BCUT2D eigenvalue weighted by atomic mass is 10.0. The highest BCUT2D eigenvalue weighted by atomic mass is 35.5. The maximum atomic E-state index is 6.08. The molecule has 0 unspecified atom stereocenters. The van der Waals surface area contributed by atoms with E-state index in [1.165, 1.54) is 16.3 Å². The summed E-state index contributed by atoms with van der Waals surface area (Å²) < 4.78 is 2.00. The standard InChI is InChI=1S/C23H20Cl2N4S/c1-14-22(27-23(30)26-18-10-11-20(24)21(25)12-18)15(2)29(28-14)13-17-8-5-7-16-6-3-4-9-19(16)17/h3-12H,13H2,1-2H3,(H2,26,27,30). The van der Waals surface area contributed by atoms with Gasteiger partial charge in [0.2, 0.25) is 0 Å². The molecule has 152 valence electrons. The number of rotatable bonds is 4. The van der Waals surface area contributed by atoms with Crippen LogP contribution in [-0.4, -0.2) is 14.9 Å². The van der Waals surface area contributed by atoms with Crippen molar-refractivity contribution in [2.24, 2.45) is 0 Å². The minimum atomic E-state index is 0.462. The van der Waals surface area contributed by atoms with Gasteiger partial charge in [-0.1, -0.05) is 65.7 Å². The van der Waals surface area contributed by atoms with E-state index in [-0.39, 0.29) is 0 Å². The first-order valence-corrected chi connectivity index (χ1v) is 10.6. The predicted molar refractivity (Wildman–Crippen MR) is 131 cm³/mol. The smallest absolute Gasteiger partial charge is 0.175 e. The number of nitrogens with one attached hydrogen (secondary N) is 2. The van der Waals surface area contributed by atoms with Gasteiger partial charge < -0.3 is 10.6 Å². The van der Waals surface area contributed by atoms with Crippen LogP contribution < -0.4 is 10.6 Å². The van der Waals surface area contributed by atoms with Crippen LogP contribution in [0, 0.1) is 13.8 Å². The summed E-state index contributed by atoms with van der Waals surface area (Å²) in [6.45, 7) is 4.69. The van der Waals surface area contributed by atoms with Crippen LogP contribution in [0.15, 0.2) is 60.7 Å². The average Bonchev–Trinajstić information content (AvgIpc) is 2.98. The predicted octanol–water partition coefficient (Wildman–Crippen LogP) is 6.82. The molecule has 7 heteroatoms. The first-order valence-electron chi connectivity index (χ1n) is 9.46. The number of hydrogen-bond acceptors (Lipinski definition) is 2. The van der Waals surface area contributed by atoms with Gasteiger partial charge in [0.15, 0.2) is 5.11 Å². The third kappa shape index (κ3) is 4.29. The van der Waals surface area contributed by atoms with E-state index in [9.17, 15) is 0 Å². The minimum Gasteiger partial charge on any atom is -0.332 e. The molecule has 2 N–H and O–H groups in total. The van der Waals surface area contributed by atoms with Crippen molar-refractivity contribution in [2.45, 2.75) is 20.4 Å². The zero-order valence-electron chi connectivity index (χ0n) is 16.5. The summed E-state index contributed by atoms with van der Waals surface area (Å²) in [6, 6.07) is 20.0. The van der Waals surface area contributed by atoms with E-state index in [1.54, 1.807) is 12.1 Å². The molecule has 3 aromatic carbocycles. The fourth-order valence-corrected chi connectivity index (χ4v) is 3.99. The largest absolute Gasteiger partial charge is 0.332 e. The molecule has 1 aromatic heterocycles. The van der Waals surface area contributed by atoms with Crippen molar-refractivity contribution in [2.75, 3.05) is 10.6 Å². The Balaban J connectivity index is 1.54. The summed E-state index contributed by atoms with van der Waals surface area (Å²) in [7, 11) is 0. The molecular weight excluding hydrogens is 435 g/mol. The third-order valence-electron chi connectivity index (χ3n) is 5.00. The summed E-state index contributed by atoms with van der Waals surface area (Å²) in [5.41, 5.74) is 4.78. The highest BCUT2D eigenvalue weighted by molar-refractivity contribution is 7.80. The molecule has 0 radical (unpaired) electrons. The van der Waals surface area contributed by atoms with Crippen molar-refractivity contribution in [1.29, 1.82) is 0 Å². The van der Waals surface area contributed by atoms with E-state index in [1.807, 2.05) is 24.6 Å². The topological polar surface area (TPSA) is 41.9 Å². The normalized spacial score (nSPS) is 10.9. The van der Waals surface area contributed by atoms with Crippen LogP contribution in [0.3, 0.4) is 0 Å². The molecule has 0 saturated heterocycles. The van der Waals surface area contributed by atoms with Crippen molar-refractivity contribution >= 4 is 62.7 Å². The van der Waals surface area contributed by atoms with Crippen LogP contribution in [0.5, 0.6) is 0 Å². The lowest BCUT2D eigenvalue weighted by Crippen LogP contribution is -2.20. The number of nitrogens with zero attached hydrogens (tertiary/aromatic N) is 2. The van der Waals surface area contributed by atoms with Crippen molar-refractivity contribution in [1.82, 2.24) is 9.78 Å². The summed E-state index contributed by atoms with van der Waals surface area (Å²) in [5.74, 6) is 0. The summed E-state index contributed by atoms with van der Waals surface area (Å²) in [4.78, 5) is 0. The Bertz CT molecular complexity index is 1240. The monoisotopic (exact) mass is 454 g/mol. The van der Waals surface area contributed by atoms with E-state index < -0.39 is 0 Å². The fraction of sp³-hybridized carbons (Fsp3) is 0.130. The van der Waals surface area contributed by atoms with Crippen molar-refractivity contribution in [3.05, 3.63) is 87.7 Å². The van der Waals surface area contributed by atoms with Gasteiger partial charge in [0.05, 0.1) is 33.7 Å². The van der Waals surface area contributed by atoms with Crippen LogP contribution in [-0.2, 0) is 6.54 Å². The first-order chi connectivity index (χ1) is 14.4. The van der Waals surface area contributed by atoms with Crippen LogP contribution in [0.2, 0.25) is 10.0 Å². The number of fused-ring (bicyclic) bond motifs is 1. The highest BCUT2D eigenvalue weighted by Gasteiger charge is 2.14. The zero-order chi connectivity index (χ0) is 21.3. The van der Waals surface area contributed by atoms with E-state index >= 15 is 0 Å². The van der Waals surface area contributed by atoms with E-state index in [0.717, 1.165) is 22.8 Å². The van der Waals surface area contributed by atoms with Crippen LogP contribution in [0.1, 0.15) is 17.0 Å². The van der Waals surface area contributed by atoms with Crippen molar-refractivity contribution in [3.8, 4) is 0 Å². The number of thiocarbonyl (C=S) groups is 1. The molecule has 0 atom stereocenters. The van der Waals surface area contributed by atoms with E-state index in [4.69, 9.17) is 40.5 Å². The Morgan fingerprint density at radius 1 is 0.967 bits per heavy atom. The molecular formula is C23H20Cl2N4S. The Hall–Kier alpha value is -2.60. The van der Waals surface area contributed by atoms with Gasteiger partial charge in [0, 0.05) is 5.69 Å². The average molecular weight is 455 g/mol. The highest BCUT2D eigenvalue weighted by Crippen LogP contribution is 2.26. The number of aryl methyl sites for hydroxylation is 1. The summed E-state index contributed by atoms with van der Waals surface area (Å²) in [6.07, 6.45) is 0. The van der Waals surface area contributed by atoms with Gasteiger partial charge in [-0.05, 0) is 60.6 Å². The molecule has 0 saturated carbocycles.